The van der Waals surface area contributed by atoms with E-state index in [1.54, 1.807) is 13.1 Å². The highest BCUT2D eigenvalue weighted by Crippen LogP contribution is 2.47. The number of rotatable bonds is 2. The molecule has 1 aromatic carbocycles. The predicted octanol–water partition coefficient (Wildman–Crippen LogP) is 1.84. The number of carbonyl (C=O) groups is 1. The second kappa shape index (κ2) is 6.44. The van der Waals surface area contributed by atoms with E-state index in [1.165, 1.54) is 16.3 Å². The van der Waals surface area contributed by atoms with Gasteiger partial charge in [-0.25, -0.2) is 4.68 Å². The smallest absolute Gasteiger partial charge is 0.266 e. The minimum absolute atomic E-state index is 0.111. The van der Waals surface area contributed by atoms with Crippen molar-refractivity contribution in [1.29, 1.82) is 0 Å². The molecule has 2 aromatic rings. The van der Waals surface area contributed by atoms with Crippen molar-refractivity contribution in [3.63, 3.8) is 0 Å². The minimum Gasteiger partial charge on any atom is -0.355 e. The van der Waals surface area contributed by atoms with Crippen LogP contribution in [0.1, 0.15) is 37.3 Å². The summed E-state index contributed by atoms with van der Waals surface area (Å²) in [7, 11) is 1.65. The van der Waals surface area contributed by atoms with Crippen LogP contribution in [0.4, 0.5) is 5.82 Å². The Kier molecular flexibility index (Phi) is 4.01. The van der Waals surface area contributed by atoms with Gasteiger partial charge in [0.2, 0.25) is 0 Å². The van der Waals surface area contributed by atoms with Crippen LogP contribution < -0.4 is 10.5 Å². The summed E-state index contributed by atoms with van der Waals surface area (Å²) in [5.41, 5.74) is 0.347. The predicted molar refractivity (Wildman–Crippen MR) is 104 cm³/mol. The molecule has 1 aromatic heterocycles. The first kappa shape index (κ1) is 17.4. The van der Waals surface area contributed by atoms with E-state index in [4.69, 9.17) is 4.74 Å². The highest BCUT2D eigenvalue weighted by Gasteiger charge is 2.57. The Hall–Kier alpha value is -2.67. The SMILES string of the molecule is Cn1nc(N2CCC3(CC2)O[C@@H]2CC[C@@H](c4ccccc4)N2C3=O)ccc1=O. The molecule has 28 heavy (non-hydrogen) atoms. The Bertz CT molecular complexity index is 950. The van der Waals surface area contributed by atoms with Gasteiger partial charge in [-0.1, -0.05) is 30.3 Å². The molecule has 1 amide bonds. The first-order valence-corrected chi connectivity index (χ1v) is 9.92. The molecule has 1 spiro atoms. The number of carbonyl (C=O) groups excluding carboxylic acids is 1. The number of hydrogen-bond acceptors (Lipinski definition) is 5. The Morgan fingerprint density at radius 3 is 2.50 bits per heavy atom. The van der Waals surface area contributed by atoms with Gasteiger partial charge in [-0.3, -0.25) is 9.59 Å². The highest BCUT2D eigenvalue weighted by molar-refractivity contribution is 5.88. The van der Waals surface area contributed by atoms with Gasteiger partial charge in [-0.15, -0.1) is 0 Å². The topological polar surface area (TPSA) is 67.7 Å². The van der Waals surface area contributed by atoms with Crippen LogP contribution in [0.3, 0.4) is 0 Å². The fraction of sp³-hybridized carbons (Fsp3) is 0.476. The van der Waals surface area contributed by atoms with Crippen molar-refractivity contribution in [2.45, 2.75) is 43.6 Å². The normalized spacial score (nSPS) is 26.1. The van der Waals surface area contributed by atoms with E-state index in [1.807, 2.05) is 23.1 Å². The van der Waals surface area contributed by atoms with Crippen LogP contribution in [-0.4, -0.2) is 45.5 Å². The van der Waals surface area contributed by atoms with Crippen LogP contribution in [0.25, 0.3) is 0 Å². The van der Waals surface area contributed by atoms with Gasteiger partial charge in [-0.2, -0.15) is 5.10 Å². The van der Waals surface area contributed by atoms with E-state index in [0.29, 0.717) is 25.9 Å². The van der Waals surface area contributed by atoms with Gasteiger partial charge in [0.15, 0.2) is 5.60 Å². The molecule has 4 heterocycles. The van der Waals surface area contributed by atoms with Crippen molar-refractivity contribution in [3.8, 4) is 0 Å². The average molecular weight is 380 g/mol. The van der Waals surface area contributed by atoms with E-state index >= 15 is 0 Å². The molecule has 0 aliphatic carbocycles. The standard InChI is InChI=1S/C21H24N4O3/c1-23-18(26)9-8-17(22-23)24-13-11-21(12-14-24)20(27)25-16(7-10-19(25)28-21)15-5-3-2-4-6-15/h2-6,8-9,16,19H,7,10-14H2,1H3/t16-,19+/m0/s1. The Morgan fingerprint density at radius 1 is 1.04 bits per heavy atom. The first-order valence-electron chi connectivity index (χ1n) is 9.92. The van der Waals surface area contributed by atoms with E-state index in [2.05, 4.69) is 22.1 Å². The van der Waals surface area contributed by atoms with Gasteiger partial charge in [0.25, 0.3) is 11.5 Å². The molecule has 0 saturated carbocycles. The monoisotopic (exact) mass is 380 g/mol. The highest BCUT2D eigenvalue weighted by atomic mass is 16.6. The fourth-order valence-corrected chi connectivity index (χ4v) is 4.80. The molecule has 0 N–H and O–H groups in total. The number of hydrogen-bond donors (Lipinski definition) is 0. The molecular weight excluding hydrogens is 356 g/mol. The van der Waals surface area contributed by atoms with E-state index in [-0.39, 0.29) is 23.7 Å². The fourth-order valence-electron chi connectivity index (χ4n) is 4.80. The van der Waals surface area contributed by atoms with Crippen LogP contribution in [0.2, 0.25) is 0 Å². The molecule has 2 atom stereocenters. The molecule has 0 radical (unpaired) electrons. The van der Waals surface area contributed by atoms with Crippen molar-refractivity contribution < 1.29 is 9.53 Å². The quantitative estimate of drug-likeness (QED) is 0.795. The minimum atomic E-state index is -0.713. The van der Waals surface area contributed by atoms with E-state index in [0.717, 1.165) is 18.7 Å². The number of anilines is 1. The van der Waals surface area contributed by atoms with Gasteiger partial charge in [-0.05, 0) is 24.5 Å². The third-order valence-electron chi connectivity index (χ3n) is 6.34. The number of benzene rings is 1. The maximum Gasteiger partial charge on any atom is 0.266 e. The molecule has 0 bridgehead atoms. The number of aromatic nitrogens is 2. The first-order chi connectivity index (χ1) is 13.6. The summed E-state index contributed by atoms with van der Waals surface area (Å²) in [6.07, 6.45) is 3.01. The number of fused-ring (bicyclic) bond motifs is 1. The lowest BCUT2D eigenvalue weighted by atomic mass is 9.89. The summed E-state index contributed by atoms with van der Waals surface area (Å²) >= 11 is 0. The number of nitrogens with zero attached hydrogens (tertiary/aromatic N) is 4. The van der Waals surface area contributed by atoms with Crippen LogP contribution in [0.15, 0.2) is 47.3 Å². The van der Waals surface area contributed by atoms with Crippen molar-refractivity contribution in [1.82, 2.24) is 14.7 Å². The third-order valence-corrected chi connectivity index (χ3v) is 6.34. The van der Waals surface area contributed by atoms with Crippen molar-refractivity contribution in [3.05, 3.63) is 58.4 Å². The summed E-state index contributed by atoms with van der Waals surface area (Å²) in [6, 6.07) is 13.6. The number of ether oxygens (including phenoxy) is 1. The second-order valence-electron chi connectivity index (χ2n) is 7.92. The van der Waals surface area contributed by atoms with E-state index < -0.39 is 5.60 Å². The maximum atomic E-state index is 13.4. The molecule has 3 aliphatic heterocycles. The molecule has 0 unspecified atom stereocenters. The molecule has 5 rings (SSSR count). The lowest BCUT2D eigenvalue weighted by Gasteiger charge is -2.38. The Labute approximate surface area is 163 Å². The molecule has 146 valence electrons. The number of piperidine rings is 1. The Balaban J connectivity index is 1.33. The van der Waals surface area contributed by atoms with Gasteiger partial charge in [0.1, 0.15) is 12.0 Å². The lowest BCUT2D eigenvalue weighted by molar-refractivity contribution is -0.140. The van der Waals surface area contributed by atoms with Crippen LogP contribution in [0, 0.1) is 0 Å². The van der Waals surface area contributed by atoms with E-state index in [9.17, 15) is 9.59 Å². The van der Waals surface area contributed by atoms with Crippen LogP contribution in [-0.2, 0) is 16.6 Å². The van der Waals surface area contributed by atoms with Crippen LogP contribution >= 0.6 is 0 Å². The number of amides is 1. The molecule has 3 saturated heterocycles. The van der Waals surface area contributed by atoms with Gasteiger partial charge in [0.05, 0.1) is 6.04 Å². The second-order valence-corrected chi connectivity index (χ2v) is 7.92. The Morgan fingerprint density at radius 2 is 1.79 bits per heavy atom. The molecule has 3 aliphatic rings. The molecule has 7 nitrogen and oxygen atoms in total. The zero-order valence-electron chi connectivity index (χ0n) is 16.0. The van der Waals surface area contributed by atoms with Crippen molar-refractivity contribution in [2.24, 2.45) is 7.05 Å². The molecular formula is C21H24N4O3. The number of aryl methyl sites for hydroxylation is 1. The maximum absolute atomic E-state index is 13.4. The van der Waals surface area contributed by atoms with Gasteiger partial charge in [0, 0.05) is 39.0 Å². The zero-order valence-corrected chi connectivity index (χ0v) is 16.0. The summed E-state index contributed by atoms with van der Waals surface area (Å²) in [6.45, 7) is 1.38. The van der Waals surface area contributed by atoms with Crippen molar-refractivity contribution >= 4 is 11.7 Å². The summed E-state index contributed by atoms with van der Waals surface area (Å²) in [5.74, 6) is 0.905. The van der Waals surface area contributed by atoms with Crippen LogP contribution in [0.5, 0.6) is 0 Å². The summed E-state index contributed by atoms with van der Waals surface area (Å²) in [4.78, 5) is 29.1. The molecule has 7 heteroatoms. The summed E-state index contributed by atoms with van der Waals surface area (Å²) in [5, 5.41) is 4.33. The largest absolute Gasteiger partial charge is 0.355 e. The molecule has 3 fully saturated rings. The summed E-state index contributed by atoms with van der Waals surface area (Å²) < 4.78 is 7.72. The van der Waals surface area contributed by atoms with Gasteiger partial charge < -0.3 is 14.5 Å². The zero-order chi connectivity index (χ0) is 19.3. The average Bonchev–Trinajstić information content (AvgIpc) is 3.24. The van der Waals surface area contributed by atoms with Gasteiger partial charge >= 0.3 is 0 Å². The lowest BCUT2D eigenvalue weighted by Crippen LogP contribution is -2.50. The third kappa shape index (κ3) is 2.64. The van der Waals surface area contributed by atoms with Crippen molar-refractivity contribution in [2.75, 3.05) is 18.0 Å².